The molecule has 1 aliphatic rings. The smallest absolute Gasteiger partial charge is 0.303 e. The van der Waals surface area contributed by atoms with Crippen molar-refractivity contribution >= 4 is 23.0 Å². The molecule has 0 spiro atoms. The lowest BCUT2D eigenvalue weighted by Gasteiger charge is -2.12. The van der Waals surface area contributed by atoms with E-state index in [1.165, 1.54) is 0 Å². The van der Waals surface area contributed by atoms with E-state index in [0.29, 0.717) is 0 Å². The Morgan fingerprint density at radius 1 is 1.47 bits per heavy atom. The highest BCUT2D eigenvalue weighted by Crippen LogP contribution is 2.38. The molecule has 77 valence electrons. The van der Waals surface area contributed by atoms with Gasteiger partial charge in [0, 0.05) is 5.56 Å². The Labute approximate surface area is 89.2 Å². The van der Waals surface area contributed by atoms with E-state index < -0.39 is 0 Å². The van der Waals surface area contributed by atoms with E-state index in [1.807, 2.05) is 26.8 Å². The number of urea groups is 1. The van der Waals surface area contributed by atoms with Gasteiger partial charge in [0.1, 0.15) is 0 Å². The molecule has 1 heterocycles. The lowest BCUT2D eigenvalue weighted by atomic mass is 9.96. The number of fused-ring (bicyclic) bond motifs is 1. The van der Waals surface area contributed by atoms with Gasteiger partial charge in [-0.1, -0.05) is 6.58 Å². The van der Waals surface area contributed by atoms with E-state index in [1.54, 1.807) is 0 Å². The average molecular weight is 201 g/mol. The van der Waals surface area contributed by atoms with E-state index in [-0.39, 0.29) is 6.03 Å². The number of carbonyl (C=O) groups excluding carboxylic acids is 1. The molecule has 1 aromatic carbocycles. The Balaban J connectivity index is 2.73. The predicted octanol–water partition coefficient (Wildman–Crippen LogP) is 3.12. The summed E-state index contributed by atoms with van der Waals surface area (Å²) in [5.41, 5.74) is 5.77. The SMILES string of the molecule is C=C(C)c1c(C)c(C)cc2c1NC(=O)[N]2. The lowest BCUT2D eigenvalue weighted by molar-refractivity contribution is 0.256. The van der Waals surface area contributed by atoms with Crippen molar-refractivity contribution in [2.45, 2.75) is 20.8 Å². The van der Waals surface area contributed by atoms with Crippen LogP contribution in [0.3, 0.4) is 0 Å². The molecule has 1 radical (unpaired) electrons. The topological polar surface area (TPSA) is 43.2 Å². The summed E-state index contributed by atoms with van der Waals surface area (Å²) in [5.74, 6) is 0. The van der Waals surface area contributed by atoms with Crippen LogP contribution in [-0.2, 0) is 0 Å². The number of aryl methyl sites for hydroxylation is 1. The number of amides is 2. The fourth-order valence-electron chi connectivity index (χ4n) is 1.89. The van der Waals surface area contributed by atoms with Crippen LogP contribution in [0.1, 0.15) is 23.6 Å². The highest BCUT2D eigenvalue weighted by atomic mass is 16.2. The summed E-state index contributed by atoms with van der Waals surface area (Å²) < 4.78 is 0. The largest absolute Gasteiger partial charge is 0.346 e. The molecule has 1 aromatic rings. The second kappa shape index (κ2) is 3.12. The maximum Gasteiger partial charge on any atom is 0.346 e. The molecule has 2 amide bonds. The fraction of sp³-hybridized carbons (Fsp3) is 0.250. The summed E-state index contributed by atoms with van der Waals surface area (Å²) in [5, 5.41) is 6.65. The summed E-state index contributed by atoms with van der Waals surface area (Å²) in [6.45, 7) is 9.92. The molecule has 0 atom stereocenters. The first-order chi connectivity index (χ1) is 7.00. The van der Waals surface area contributed by atoms with E-state index in [0.717, 1.165) is 33.6 Å². The van der Waals surface area contributed by atoms with Crippen LogP contribution < -0.4 is 10.6 Å². The maximum atomic E-state index is 11.2. The van der Waals surface area contributed by atoms with Crippen molar-refractivity contribution in [1.82, 2.24) is 5.32 Å². The summed E-state index contributed by atoms with van der Waals surface area (Å²) in [6, 6.07) is 1.63. The van der Waals surface area contributed by atoms with E-state index in [4.69, 9.17) is 0 Å². The van der Waals surface area contributed by atoms with Gasteiger partial charge in [-0.2, -0.15) is 5.32 Å². The quantitative estimate of drug-likeness (QED) is 0.745. The third-order valence-corrected chi connectivity index (χ3v) is 2.71. The Hall–Kier alpha value is -1.77. The van der Waals surface area contributed by atoms with Crippen molar-refractivity contribution in [3.05, 3.63) is 29.3 Å². The van der Waals surface area contributed by atoms with Crippen molar-refractivity contribution < 1.29 is 4.79 Å². The maximum absolute atomic E-state index is 11.2. The molecule has 0 aliphatic carbocycles. The van der Waals surface area contributed by atoms with Crippen LogP contribution in [0.15, 0.2) is 12.6 Å². The van der Waals surface area contributed by atoms with Crippen molar-refractivity contribution in [3.63, 3.8) is 0 Å². The Morgan fingerprint density at radius 3 is 2.73 bits per heavy atom. The van der Waals surface area contributed by atoms with Gasteiger partial charge >= 0.3 is 6.03 Å². The van der Waals surface area contributed by atoms with Crippen molar-refractivity contribution in [1.29, 1.82) is 0 Å². The Bertz CT molecular complexity index is 475. The van der Waals surface area contributed by atoms with Crippen LogP contribution in [0.25, 0.3) is 5.57 Å². The molecule has 0 bridgehead atoms. The van der Waals surface area contributed by atoms with E-state index >= 15 is 0 Å². The summed E-state index contributed by atoms with van der Waals surface area (Å²) >= 11 is 0. The first-order valence-corrected chi connectivity index (χ1v) is 4.83. The standard InChI is InChI=1S/C12H13N2O/c1-6(2)10-8(4)7(3)5-9-11(10)14-12(15)13-9/h5H,1H2,2-4H3,(H,14,15). The molecule has 1 aliphatic heterocycles. The van der Waals surface area contributed by atoms with Crippen molar-refractivity contribution in [2.24, 2.45) is 0 Å². The summed E-state index contributed by atoms with van der Waals surface area (Å²) in [7, 11) is 0. The Morgan fingerprint density at radius 2 is 2.13 bits per heavy atom. The van der Waals surface area contributed by atoms with Gasteiger partial charge in [-0.3, -0.25) is 0 Å². The van der Waals surface area contributed by atoms with E-state index in [2.05, 4.69) is 17.2 Å². The summed E-state index contributed by atoms with van der Waals surface area (Å²) in [4.78, 5) is 11.2. The molecule has 0 saturated carbocycles. The molecule has 0 aromatic heterocycles. The molecular formula is C12H13N2O. The molecule has 0 unspecified atom stereocenters. The molecule has 3 heteroatoms. The minimum Gasteiger partial charge on any atom is -0.303 e. The van der Waals surface area contributed by atoms with Crippen molar-refractivity contribution in [2.75, 3.05) is 5.32 Å². The molecule has 3 nitrogen and oxygen atoms in total. The average Bonchev–Trinajstić information content (AvgIpc) is 2.46. The van der Waals surface area contributed by atoms with E-state index in [9.17, 15) is 4.79 Å². The van der Waals surface area contributed by atoms with Gasteiger partial charge in [-0.15, -0.1) is 0 Å². The van der Waals surface area contributed by atoms with Crippen LogP contribution in [0.5, 0.6) is 0 Å². The van der Waals surface area contributed by atoms with Gasteiger partial charge in [0.2, 0.25) is 0 Å². The van der Waals surface area contributed by atoms with Gasteiger partial charge in [0.15, 0.2) is 0 Å². The number of nitrogens with one attached hydrogen (secondary N) is 1. The zero-order chi connectivity index (χ0) is 11.2. The number of allylic oxidation sites excluding steroid dienone is 1. The van der Waals surface area contributed by atoms with Gasteiger partial charge in [-0.25, -0.2) is 4.79 Å². The lowest BCUT2D eigenvalue weighted by Crippen LogP contribution is -2.08. The van der Waals surface area contributed by atoms with Crippen LogP contribution in [0.2, 0.25) is 0 Å². The highest BCUT2D eigenvalue weighted by molar-refractivity contribution is 6.06. The third-order valence-electron chi connectivity index (χ3n) is 2.71. The second-order valence-corrected chi connectivity index (χ2v) is 3.91. The third kappa shape index (κ3) is 1.40. The summed E-state index contributed by atoms with van der Waals surface area (Å²) in [6.07, 6.45) is 0. The number of nitrogens with zero attached hydrogens (tertiary/aromatic N) is 1. The minimum absolute atomic E-state index is 0.294. The molecule has 0 fully saturated rings. The van der Waals surface area contributed by atoms with Crippen LogP contribution in [0, 0.1) is 13.8 Å². The number of hydrogen-bond acceptors (Lipinski definition) is 1. The van der Waals surface area contributed by atoms with Crippen LogP contribution >= 0.6 is 0 Å². The molecular weight excluding hydrogens is 188 g/mol. The van der Waals surface area contributed by atoms with Gasteiger partial charge in [0.05, 0.1) is 11.4 Å². The minimum atomic E-state index is -0.294. The zero-order valence-electron chi connectivity index (χ0n) is 9.14. The van der Waals surface area contributed by atoms with Crippen molar-refractivity contribution in [3.8, 4) is 0 Å². The van der Waals surface area contributed by atoms with Gasteiger partial charge in [0.25, 0.3) is 0 Å². The number of anilines is 1. The normalized spacial score (nSPS) is 13.1. The van der Waals surface area contributed by atoms with Gasteiger partial charge < -0.3 is 5.32 Å². The second-order valence-electron chi connectivity index (χ2n) is 3.91. The molecule has 15 heavy (non-hydrogen) atoms. The first-order valence-electron chi connectivity index (χ1n) is 4.83. The monoisotopic (exact) mass is 201 g/mol. The van der Waals surface area contributed by atoms with Gasteiger partial charge in [-0.05, 0) is 43.5 Å². The predicted molar refractivity (Wildman–Crippen MR) is 61.4 cm³/mol. The number of hydrogen-bond donors (Lipinski definition) is 1. The molecule has 2 rings (SSSR count). The number of benzene rings is 1. The first kappa shape index (κ1) is 9.77. The Kier molecular flexibility index (Phi) is 2.03. The van der Waals surface area contributed by atoms with Crippen LogP contribution in [0.4, 0.5) is 16.2 Å². The zero-order valence-corrected chi connectivity index (χ0v) is 9.14. The van der Waals surface area contributed by atoms with Crippen LogP contribution in [-0.4, -0.2) is 6.03 Å². The number of rotatable bonds is 1. The fourth-order valence-corrected chi connectivity index (χ4v) is 1.89. The highest BCUT2D eigenvalue weighted by Gasteiger charge is 2.24. The number of carbonyl (C=O) groups is 1. The molecule has 0 saturated heterocycles. The molecule has 1 N–H and O–H groups in total.